The normalized spacial score (nSPS) is 16.6. The first-order chi connectivity index (χ1) is 6.20. The Kier molecular flexibility index (Phi) is 2.24. The lowest BCUT2D eigenvalue weighted by molar-refractivity contribution is 0.806. The Morgan fingerprint density at radius 3 is 2.62 bits per heavy atom. The van der Waals surface area contributed by atoms with E-state index in [0.717, 1.165) is 5.56 Å². The van der Waals surface area contributed by atoms with Crippen molar-refractivity contribution in [3.63, 3.8) is 0 Å². The van der Waals surface area contributed by atoms with Crippen molar-refractivity contribution < 1.29 is 0 Å². The summed E-state index contributed by atoms with van der Waals surface area (Å²) >= 11 is 6.05. The van der Waals surface area contributed by atoms with Crippen LogP contribution in [0.4, 0.5) is 0 Å². The van der Waals surface area contributed by atoms with Gasteiger partial charge in [0.05, 0.1) is 5.69 Å². The molecule has 0 atom stereocenters. The van der Waals surface area contributed by atoms with Crippen molar-refractivity contribution in [1.82, 2.24) is 9.97 Å². The van der Waals surface area contributed by atoms with E-state index in [0.29, 0.717) is 17.0 Å². The van der Waals surface area contributed by atoms with Gasteiger partial charge >= 0.3 is 0 Å². The van der Waals surface area contributed by atoms with Crippen LogP contribution < -0.4 is 0 Å². The summed E-state index contributed by atoms with van der Waals surface area (Å²) < 4.78 is 0. The van der Waals surface area contributed by atoms with Crippen molar-refractivity contribution >= 4 is 11.6 Å². The average molecular weight is 197 g/mol. The standard InChI is InChI=1S/C10H13ClN2/c1-6(2)8-9(7-3-4-7)12-5-13-10(8)11/h5-7H,3-4H2,1-2H3. The molecule has 3 heteroatoms. The van der Waals surface area contributed by atoms with Crippen LogP contribution in [0.2, 0.25) is 5.15 Å². The van der Waals surface area contributed by atoms with Crippen molar-refractivity contribution in [2.75, 3.05) is 0 Å². The maximum atomic E-state index is 6.05. The van der Waals surface area contributed by atoms with Gasteiger partial charge in [0, 0.05) is 11.5 Å². The first kappa shape index (κ1) is 8.95. The number of hydrogen-bond donors (Lipinski definition) is 0. The van der Waals surface area contributed by atoms with Gasteiger partial charge in [-0.3, -0.25) is 0 Å². The number of hydrogen-bond acceptors (Lipinski definition) is 2. The highest BCUT2D eigenvalue weighted by atomic mass is 35.5. The molecule has 1 aromatic rings. The summed E-state index contributed by atoms with van der Waals surface area (Å²) in [6.07, 6.45) is 4.09. The molecule has 0 unspecified atom stereocenters. The third-order valence-corrected chi connectivity index (χ3v) is 2.71. The molecular weight excluding hydrogens is 184 g/mol. The van der Waals surface area contributed by atoms with Crippen LogP contribution in [0.3, 0.4) is 0 Å². The van der Waals surface area contributed by atoms with Crippen molar-refractivity contribution in [2.45, 2.75) is 38.5 Å². The lowest BCUT2D eigenvalue weighted by atomic mass is 10.0. The van der Waals surface area contributed by atoms with E-state index >= 15 is 0 Å². The van der Waals surface area contributed by atoms with Gasteiger partial charge < -0.3 is 0 Å². The molecule has 0 N–H and O–H groups in total. The Morgan fingerprint density at radius 1 is 1.38 bits per heavy atom. The van der Waals surface area contributed by atoms with E-state index in [-0.39, 0.29) is 0 Å². The van der Waals surface area contributed by atoms with Crippen molar-refractivity contribution in [2.24, 2.45) is 0 Å². The second-order valence-electron chi connectivity index (χ2n) is 3.89. The van der Waals surface area contributed by atoms with Crippen LogP contribution in [0.1, 0.15) is 49.8 Å². The molecule has 1 heterocycles. The minimum Gasteiger partial charge on any atom is -0.241 e. The zero-order chi connectivity index (χ0) is 9.42. The molecule has 0 bridgehead atoms. The molecule has 0 aromatic carbocycles. The average Bonchev–Trinajstić information content (AvgIpc) is 2.85. The summed E-state index contributed by atoms with van der Waals surface area (Å²) in [5.41, 5.74) is 2.32. The van der Waals surface area contributed by atoms with Crippen LogP contribution in [-0.2, 0) is 0 Å². The molecular formula is C10H13ClN2. The summed E-state index contributed by atoms with van der Waals surface area (Å²) in [4.78, 5) is 8.35. The van der Waals surface area contributed by atoms with Crippen molar-refractivity contribution in [3.05, 3.63) is 22.7 Å². The summed E-state index contributed by atoms with van der Waals surface area (Å²) in [6, 6.07) is 0. The maximum absolute atomic E-state index is 6.05. The molecule has 2 rings (SSSR count). The van der Waals surface area contributed by atoms with E-state index in [2.05, 4.69) is 23.8 Å². The van der Waals surface area contributed by atoms with E-state index in [1.54, 1.807) is 6.33 Å². The van der Waals surface area contributed by atoms with Gasteiger partial charge in [0.15, 0.2) is 0 Å². The van der Waals surface area contributed by atoms with E-state index < -0.39 is 0 Å². The molecule has 0 amide bonds. The molecule has 13 heavy (non-hydrogen) atoms. The molecule has 0 saturated heterocycles. The predicted molar refractivity (Wildman–Crippen MR) is 53.1 cm³/mol. The van der Waals surface area contributed by atoms with Gasteiger partial charge in [-0.1, -0.05) is 25.4 Å². The number of nitrogens with zero attached hydrogens (tertiary/aromatic N) is 2. The molecule has 1 fully saturated rings. The third kappa shape index (κ3) is 1.68. The first-order valence-corrected chi connectivity index (χ1v) is 5.08. The minimum atomic E-state index is 0.421. The topological polar surface area (TPSA) is 25.8 Å². The van der Waals surface area contributed by atoms with Crippen LogP contribution >= 0.6 is 11.6 Å². The van der Waals surface area contributed by atoms with Gasteiger partial charge in [0.2, 0.25) is 0 Å². The highest BCUT2D eigenvalue weighted by Gasteiger charge is 2.29. The molecule has 70 valence electrons. The Labute approximate surface area is 83.4 Å². The quantitative estimate of drug-likeness (QED) is 0.680. The molecule has 1 saturated carbocycles. The maximum Gasteiger partial charge on any atom is 0.136 e. The molecule has 0 radical (unpaired) electrons. The lowest BCUT2D eigenvalue weighted by Crippen LogP contribution is -2.01. The minimum absolute atomic E-state index is 0.421. The van der Waals surface area contributed by atoms with Crippen LogP contribution in [0.15, 0.2) is 6.33 Å². The van der Waals surface area contributed by atoms with Gasteiger partial charge in [0.25, 0.3) is 0 Å². The van der Waals surface area contributed by atoms with E-state index in [4.69, 9.17) is 11.6 Å². The monoisotopic (exact) mass is 196 g/mol. The highest BCUT2D eigenvalue weighted by Crippen LogP contribution is 2.43. The number of rotatable bonds is 2. The number of halogens is 1. The fraction of sp³-hybridized carbons (Fsp3) is 0.600. The Bertz CT molecular complexity index is 319. The second-order valence-corrected chi connectivity index (χ2v) is 4.25. The summed E-state index contributed by atoms with van der Waals surface area (Å²) in [5, 5.41) is 0.631. The molecule has 0 spiro atoms. The van der Waals surface area contributed by atoms with E-state index in [9.17, 15) is 0 Å². The third-order valence-electron chi connectivity index (χ3n) is 2.41. The Balaban J connectivity index is 2.47. The molecule has 1 aromatic heterocycles. The molecule has 0 aliphatic heterocycles. The van der Waals surface area contributed by atoms with E-state index in [1.807, 2.05) is 0 Å². The van der Waals surface area contributed by atoms with Crippen LogP contribution in [0.5, 0.6) is 0 Å². The zero-order valence-electron chi connectivity index (χ0n) is 7.92. The fourth-order valence-corrected chi connectivity index (χ4v) is 1.96. The van der Waals surface area contributed by atoms with Crippen LogP contribution in [0.25, 0.3) is 0 Å². The van der Waals surface area contributed by atoms with E-state index in [1.165, 1.54) is 18.5 Å². The van der Waals surface area contributed by atoms with Gasteiger partial charge in [-0.25, -0.2) is 9.97 Å². The van der Waals surface area contributed by atoms with Crippen LogP contribution in [-0.4, -0.2) is 9.97 Å². The van der Waals surface area contributed by atoms with Gasteiger partial charge in [-0.05, 0) is 18.8 Å². The second kappa shape index (κ2) is 3.26. The molecule has 1 aliphatic carbocycles. The first-order valence-electron chi connectivity index (χ1n) is 4.70. The van der Waals surface area contributed by atoms with Gasteiger partial charge in [-0.2, -0.15) is 0 Å². The summed E-state index contributed by atoms with van der Waals surface area (Å²) in [6.45, 7) is 4.27. The molecule has 2 nitrogen and oxygen atoms in total. The number of aromatic nitrogens is 2. The predicted octanol–water partition coefficient (Wildman–Crippen LogP) is 3.13. The van der Waals surface area contributed by atoms with Crippen molar-refractivity contribution in [3.8, 4) is 0 Å². The fourth-order valence-electron chi connectivity index (χ4n) is 1.60. The summed E-state index contributed by atoms with van der Waals surface area (Å²) in [5.74, 6) is 1.07. The Hall–Kier alpha value is -0.630. The smallest absolute Gasteiger partial charge is 0.136 e. The lowest BCUT2D eigenvalue weighted by Gasteiger charge is -2.11. The molecule has 1 aliphatic rings. The highest BCUT2D eigenvalue weighted by molar-refractivity contribution is 6.30. The van der Waals surface area contributed by atoms with Crippen molar-refractivity contribution in [1.29, 1.82) is 0 Å². The SMILES string of the molecule is CC(C)c1c(Cl)ncnc1C1CC1. The van der Waals surface area contributed by atoms with Gasteiger partial charge in [0.1, 0.15) is 11.5 Å². The zero-order valence-corrected chi connectivity index (χ0v) is 8.67. The van der Waals surface area contributed by atoms with Crippen LogP contribution in [0, 0.1) is 0 Å². The largest absolute Gasteiger partial charge is 0.241 e. The Morgan fingerprint density at radius 2 is 2.08 bits per heavy atom. The summed E-state index contributed by atoms with van der Waals surface area (Å²) in [7, 11) is 0. The van der Waals surface area contributed by atoms with Gasteiger partial charge in [-0.15, -0.1) is 0 Å².